The van der Waals surface area contributed by atoms with Crippen molar-refractivity contribution in [3.05, 3.63) is 62.6 Å². The van der Waals surface area contributed by atoms with Gasteiger partial charge in [0.1, 0.15) is 11.4 Å². The highest BCUT2D eigenvalue weighted by Gasteiger charge is 2.16. The first-order valence-corrected chi connectivity index (χ1v) is 10.6. The molecule has 0 unspecified atom stereocenters. The summed E-state index contributed by atoms with van der Waals surface area (Å²) in [6.07, 6.45) is 0.0540. The SMILES string of the molecule is Cc1cc(OCP(=O)(O)O)cc(C)c1Cc1cc(C)c(N=O)c(C(C)C)c1. The van der Waals surface area contributed by atoms with Crippen molar-refractivity contribution in [2.75, 3.05) is 6.35 Å². The van der Waals surface area contributed by atoms with Crippen molar-refractivity contribution in [2.24, 2.45) is 5.18 Å². The summed E-state index contributed by atoms with van der Waals surface area (Å²) in [4.78, 5) is 29.1. The van der Waals surface area contributed by atoms with Gasteiger partial charge in [0.25, 0.3) is 0 Å². The van der Waals surface area contributed by atoms with Gasteiger partial charge in [-0.1, -0.05) is 26.0 Å². The Morgan fingerprint density at radius 3 is 2.11 bits per heavy atom. The van der Waals surface area contributed by atoms with Gasteiger partial charge in [-0.3, -0.25) is 4.57 Å². The Labute approximate surface area is 159 Å². The van der Waals surface area contributed by atoms with Crippen LogP contribution in [0.4, 0.5) is 5.69 Å². The Morgan fingerprint density at radius 2 is 1.63 bits per heavy atom. The van der Waals surface area contributed by atoms with E-state index < -0.39 is 13.9 Å². The lowest BCUT2D eigenvalue weighted by atomic mass is 9.90. The molecule has 27 heavy (non-hydrogen) atoms. The normalized spacial score (nSPS) is 11.7. The minimum atomic E-state index is -4.21. The molecule has 0 heterocycles. The second-order valence-corrected chi connectivity index (χ2v) is 8.83. The van der Waals surface area contributed by atoms with Gasteiger partial charge in [0.2, 0.25) is 0 Å². The van der Waals surface area contributed by atoms with E-state index >= 15 is 0 Å². The highest BCUT2D eigenvalue weighted by Crippen LogP contribution is 2.36. The van der Waals surface area contributed by atoms with Crippen LogP contribution < -0.4 is 4.74 Å². The average molecular weight is 391 g/mol. The van der Waals surface area contributed by atoms with E-state index in [0.717, 1.165) is 33.4 Å². The van der Waals surface area contributed by atoms with Gasteiger partial charge < -0.3 is 14.5 Å². The van der Waals surface area contributed by atoms with Gasteiger partial charge in [-0.2, -0.15) is 0 Å². The molecule has 2 aromatic rings. The lowest BCUT2D eigenvalue weighted by molar-refractivity contribution is 0.300. The molecule has 146 valence electrons. The van der Waals surface area contributed by atoms with Crippen LogP contribution in [0.15, 0.2) is 29.4 Å². The Bertz CT molecular complexity index is 878. The standard InChI is InChI=1S/C20H26NO5P/c1-12(2)18-9-16(6-15(5)20(18)21-22)10-19-13(3)7-17(8-14(19)4)26-11-27(23,24)25/h6-9,12H,10-11H2,1-5H3,(H2,23,24,25). The van der Waals surface area contributed by atoms with E-state index in [4.69, 9.17) is 14.5 Å². The van der Waals surface area contributed by atoms with Crippen LogP contribution in [0.2, 0.25) is 0 Å². The molecule has 0 aromatic heterocycles. The minimum Gasteiger partial charge on any atom is -0.481 e. The molecule has 0 radical (unpaired) electrons. The average Bonchev–Trinajstić information content (AvgIpc) is 2.55. The smallest absolute Gasteiger partial charge is 0.362 e. The van der Waals surface area contributed by atoms with Crippen LogP contribution >= 0.6 is 7.60 Å². The summed E-state index contributed by atoms with van der Waals surface area (Å²) in [6.45, 7) is 9.87. The molecule has 0 aliphatic rings. The molecule has 2 rings (SSSR count). The molecule has 0 bridgehead atoms. The number of benzene rings is 2. The number of ether oxygens (including phenoxy) is 1. The molecule has 0 amide bonds. The number of nitroso groups, excluding NO2 is 1. The molecule has 0 fully saturated rings. The summed E-state index contributed by atoms with van der Waals surface area (Å²) in [5.74, 6) is 0.638. The van der Waals surface area contributed by atoms with Crippen molar-refractivity contribution in [3.8, 4) is 5.75 Å². The lowest BCUT2D eigenvalue weighted by Crippen LogP contribution is -2.02. The molecule has 0 spiro atoms. The maximum Gasteiger partial charge on any atom is 0.362 e. The summed E-state index contributed by atoms with van der Waals surface area (Å²) in [7, 11) is -4.21. The van der Waals surface area contributed by atoms with Crippen molar-refractivity contribution < 1.29 is 19.1 Å². The van der Waals surface area contributed by atoms with Crippen LogP contribution in [0, 0.1) is 25.7 Å². The van der Waals surface area contributed by atoms with E-state index in [0.29, 0.717) is 17.9 Å². The van der Waals surface area contributed by atoms with E-state index in [1.807, 2.05) is 46.8 Å². The Balaban J connectivity index is 2.35. The van der Waals surface area contributed by atoms with Crippen LogP contribution in [0.5, 0.6) is 5.75 Å². The van der Waals surface area contributed by atoms with E-state index in [9.17, 15) is 9.47 Å². The number of aryl methyl sites for hydroxylation is 3. The van der Waals surface area contributed by atoms with E-state index in [1.165, 1.54) is 0 Å². The molecular weight excluding hydrogens is 365 g/mol. The summed E-state index contributed by atoms with van der Waals surface area (Å²) in [5.41, 5.74) is 6.51. The first kappa shape index (κ1) is 21.3. The Hall–Kier alpha value is -2.01. The Kier molecular flexibility index (Phi) is 6.58. The number of hydrogen-bond donors (Lipinski definition) is 2. The number of rotatable bonds is 7. The first-order valence-electron chi connectivity index (χ1n) is 8.76. The summed E-state index contributed by atoms with van der Waals surface area (Å²) in [6, 6.07) is 7.59. The summed E-state index contributed by atoms with van der Waals surface area (Å²) < 4.78 is 16.2. The third kappa shape index (κ3) is 5.48. The molecular formula is C20H26NO5P. The van der Waals surface area contributed by atoms with Crippen molar-refractivity contribution in [2.45, 2.75) is 47.0 Å². The van der Waals surface area contributed by atoms with Crippen LogP contribution in [0.3, 0.4) is 0 Å². The van der Waals surface area contributed by atoms with E-state index in [-0.39, 0.29) is 5.92 Å². The molecule has 2 N–H and O–H groups in total. The van der Waals surface area contributed by atoms with Crippen LogP contribution in [-0.2, 0) is 11.0 Å². The fourth-order valence-corrected chi connectivity index (χ4v) is 3.55. The van der Waals surface area contributed by atoms with Crippen molar-refractivity contribution in [1.29, 1.82) is 0 Å². The van der Waals surface area contributed by atoms with E-state index in [1.54, 1.807) is 12.1 Å². The fraction of sp³-hybridized carbons (Fsp3) is 0.400. The van der Waals surface area contributed by atoms with Crippen molar-refractivity contribution >= 4 is 13.3 Å². The maximum absolute atomic E-state index is 11.2. The molecule has 2 aromatic carbocycles. The molecule has 0 aliphatic heterocycles. The molecule has 0 saturated carbocycles. The molecule has 7 heteroatoms. The lowest BCUT2D eigenvalue weighted by Gasteiger charge is -2.16. The quantitative estimate of drug-likeness (QED) is 0.497. The zero-order valence-corrected chi connectivity index (χ0v) is 17.2. The predicted octanol–water partition coefficient (Wildman–Crippen LogP) is 5.24. The van der Waals surface area contributed by atoms with Gasteiger partial charge in [-0.05, 0) is 83.8 Å². The van der Waals surface area contributed by atoms with Crippen LogP contribution in [0.1, 0.15) is 53.1 Å². The number of nitrogens with zero attached hydrogens (tertiary/aromatic N) is 1. The largest absolute Gasteiger partial charge is 0.481 e. The molecule has 0 saturated heterocycles. The first-order chi connectivity index (χ1) is 12.5. The molecule has 6 nitrogen and oxygen atoms in total. The van der Waals surface area contributed by atoms with Crippen molar-refractivity contribution in [3.63, 3.8) is 0 Å². The van der Waals surface area contributed by atoms with Crippen molar-refractivity contribution in [1.82, 2.24) is 0 Å². The Morgan fingerprint density at radius 1 is 1.04 bits per heavy atom. The van der Waals surface area contributed by atoms with Gasteiger partial charge in [0, 0.05) is 0 Å². The minimum absolute atomic E-state index is 0.196. The van der Waals surface area contributed by atoms with Gasteiger partial charge in [0.15, 0.2) is 6.35 Å². The fourth-order valence-electron chi connectivity index (χ4n) is 3.23. The van der Waals surface area contributed by atoms with Gasteiger partial charge in [0.05, 0.1) is 0 Å². The summed E-state index contributed by atoms with van der Waals surface area (Å²) >= 11 is 0. The third-order valence-electron chi connectivity index (χ3n) is 4.55. The highest BCUT2D eigenvalue weighted by molar-refractivity contribution is 7.51. The number of hydrogen-bond acceptors (Lipinski definition) is 4. The second kappa shape index (κ2) is 8.34. The van der Waals surface area contributed by atoms with E-state index in [2.05, 4.69) is 5.18 Å². The second-order valence-electron chi connectivity index (χ2n) is 7.25. The maximum atomic E-state index is 11.2. The monoisotopic (exact) mass is 391 g/mol. The third-order valence-corrected chi connectivity index (χ3v) is 5.02. The summed E-state index contributed by atoms with van der Waals surface area (Å²) in [5, 5.41) is 3.20. The topological polar surface area (TPSA) is 96.2 Å². The van der Waals surface area contributed by atoms with Gasteiger partial charge in [-0.15, -0.1) is 4.91 Å². The van der Waals surface area contributed by atoms with Crippen LogP contribution in [0.25, 0.3) is 0 Å². The zero-order valence-electron chi connectivity index (χ0n) is 16.3. The zero-order chi connectivity index (χ0) is 20.4. The molecule has 0 aliphatic carbocycles. The predicted molar refractivity (Wildman–Crippen MR) is 107 cm³/mol. The van der Waals surface area contributed by atoms with Gasteiger partial charge >= 0.3 is 7.60 Å². The van der Waals surface area contributed by atoms with Gasteiger partial charge in [-0.25, -0.2) is 0 Å². The molecule has 0 atom stereocenters. The van der Waals surface area contributed by atoms with Crippen LogP contribution in [-0.4, -0.2) is 16.1 Å². The highest BCUT2D eigenvalue weighted by atomic mass is 31.2.